The Morgan fingerprint density at radius 2 is 1.33 bits per heavy atom. The summed E-state index contributed by atoms with van der Waals surface area (Å²) in [7, 11) is 3.43. The van der Waals surface area contributed by atoms with Crippen molar-refractivity contribution in [2.24, 2.45) is 0 Å². The van der Waals surface area contributed by atoms with Crippen LogP contribution in [0.3, 0.4) is 0 Å². The van der Waals surface area contributed by atoms with Gasteiger partial charge >= 0.3 is 0 Å². The molecular formula is C26H32N2O2+2. The first kappa shape index (κ1) is 20.5. The fraction of sp³-hybridized carbons (Fsp3) is 0.308. The van der Waals surface area contributed by atoms with Crippen LogP contribution in [0.1, 0.15) is 22.7 Å². The van der Waals surface area contributed by atoms with Crippen LogP contribution in [-0.2, 0) is 6.54 Å². The normalized spacial score (nSPS) is 18.9. The van der Waals surface area contributed by atoms with E-state index in [4.69, 9.17) is 9.47 Å². The molecule has 0 atom stereocenters. The lowest BCUT2D eigenvalue weighted by Crippen LogP contribution is -3.27. The van der Waals surface area contributed by atoms with Crippen LogP contribution in [0, 0.1) is 0 Å². The summed E-state index contributed by atoms with van der Waals surface area (Å²) in [6.07, 6.45) is 0. The molecule has 0 amide bonds. The number of rotatable bonds is 7. The molecule has 0 unspecified atom stereocenters. The van der Waals surface area contributed by atoms with E-state index in [1.54, 1.807) is 24.0 Å². The topological polar surface area (TPSA) is 27.3 Å². The maximum Gasteiger partial charge on any atom is 0.139 e. The second-order valence-electron chi connectivity index (χ2n) is 8.02. The number of nitrogens with one attached hydrogen (secondary N) is 2. The molecule has 0 bridgehead atoms. The second-order valence-corrected chi connectivity index (χ2v) is 8.02. The zero-order chi connectivity index (χ0) is 20.8. The highest BCUT2D eigenvalue weighted by atomic mass is 16.5. The molecule has 1 fully saturated rings. The number of methoxy groups -OCH3 is 2. The summed E-state index contributed by atoms with van der Waals surface area (Å²) >= 11 is 0. The molecule has 0 spiro atoms. The minimum absolute atomic E-state index is 0.393. The Morgan fingerprint density at radius 1 is 0.733 bits per heavy atom. The Balaban J connectivity index is 1.46. The van der Waals surface area contributed by atoms with Crippen LogP contribution < -0.4 is 19.3 Å². The van der Waals surface area contributed by atoms with Crippen molar-refractivity contribution >= 4 is 0 Å². The Hall–Kier alpha value is -2.82. The monoisotopic (exact) mass is 404 g/mol. The molecule has 4 nitrogen and oxygen atoms in total. The maximum atomic E-state index is 5.61. The van der Waals surface area contributed by atoms with E-state index in [2.05, 4.69) is 66.7 Å². The first-order chi connectivity index (χ1) is 14.8. The standard InChI is InChI=1S/C26H30N2O2/c1-29-24-14-13-23(25(19-24)30-2)20-27-15-17-28(18-16-27)26(21-9-5-3-6-10-21)22-11-7-4-8-12-22/h3-14,19,26H,15-18,20H2,1-2H3/p+2. The smallest absolute Gasteiger partial charge is 0.139 e. The zero-order valence-electron chi connectivity index (χ0n) is 17.9. The third-order valence-electron chi connectivity index (χ3n) is 6.21. The van der Waals surface area contributed by atoms with Gasteiger partial charge in [0.15, 0.2) is 0 Å². The molecule has 1 heterocycles. The minimum atomic E-state index is 0.393. The van der Waals surface area contributed by atoms with Crippen molar-refractivity contribution in [2.45, 2.75) is 12.6 Å². The highest BCUT2D eigenvalue weighted by Gasteiger charge is 2.32. The SMILES string of the molecule is COc1ccc(C[NH+]2CC[NH+](C(c3ccccc3)c3ccccc3)CC2)c(OC)c1. The van der Waals surface area contributed by atoms with Gasteiger partial charge in [-0.3, -0.25) is 0 Å². The summed E-state index contributed by atoms with van der Waals surface area (Å²) in [4.78, 5) is 3.26. The third kappa shape index (κ3) is 4.66. The van der Waals surface area contributed by atoms with Crippen LogP contribution in [0.2, 0.25) is 0 Å². The van der Waals surface area contributed by atoms with Crippen LogP contribution in [0.4, 0.5) is 0 Å². The van der Waals surface area contributed by atoms with Gasteiger partial charge in [-0.05, 0) is 12.1 Å². The van der Waals surface area contributed by atoms with Crippen LogP contribution >= 0.6 is 0 Å². The van der Waals surface area contributed by atoms with Crippen molar-refractivity contribution in [3.63, 3.8) is 0 Å². The molecule has 0 aliphatic carbocycles. The van der Waals surface area contributed by atoms with E-state index < -0.39 is 0 Å². The van der Waals surface area contributed by atoms with E-state index in [1.165, 1.54) is 16.7 Å². The van der Waals surface area contributed by atoms with Gasteiger partial charge in [0.05, 0.1) is 14.2 Å². The number of piperazine rings is 1. The summed E-state index contributed by atoms with van der Waals surface area (Å²) in [5.41, 5.74) is 4.05. The second kappa shape index (κ2) is 9.79. The molecule has 2 N–H and O–H groups in total. The van der Waals surface area contributed by atoms with E-state index in [1.807, 2.05) is 12.1 Å². The Labute approximate surface area is 179 Å². The van der Waals surface area contributed by atoms with Crippen molar-refractivity contribution < 1.29 is 19.3 Å². The van der Waals surface area contributed by atoms with Gasteiger partial charge in [0.2, 0.25) is 0 Å². The molecular weight excluding hydrogens is 372 g/mol. The summed E-state index contributed by atoms with van der Waals surface area (Å²) in [6.45, 7) is 5.60. The summed E-state index contributed by atoms with van der Waals surface area (Å²) in [5.74, 6) is 1.76. The first-order valence-corrected chi connectivity index (χ1v) is 10.8. The number of quaternary nitrogens is 2. The van der Waals surface area contributed by atoms with Gasteiger partial charge in [-0.2, -0.15) is 0 Å². The van der Waals surface area contributed by atoms with Crippen molar-refractivity contribution in [1.29, 1.82) is 0 Å². The molecule has 4 heteroatoms. The summed E-state index contributed by atoms with van der Waals surface area (Å²) in [6, 6.07) is 28.4. The fourth-order valence-corrected chi connectivity index (χ4v) is 4.61. The average molecular weight is 405 g/mol. The van der Waals surface area contributed by atoms with Gasteiger partial charge in [0.25, 0.3) is 0 Å². The predicted octanol–water partition coefficient (Wildman–Crippen LogP) is 1.78. The van der Waals surface area contributed by atoms with Gasteiger partial charge in [-0.15, -0.1) is 0 Å². The van der Waals surface area contributed by atoms with Crippen molar-refractivity contribution in [3.05, 3.63) is 95.6 Å². The Kier molecular flexibility index (Phi) is 6.67. The molecule has 30 heavy (non-hydrogen) atoms. The van der Waals surface area contributed by atoms with Crippen LogP contribution in [0.25, 0.3) is 0 Å². The predicted molar refractivity (Wildman–Crippen MR) is 119 cm³/mol. The van der Waals surface area contributed by atoms with Gasteiger partial charge in [0.1, 0.15) is 50.3 Å². The quantitative estimate of drug-likeness (QED) is 0.628. The van der Waals surface area contributed by atoms with E-state index in [0.29, 0.717) is 6.04 Å². The van der Waals surface area contributed by atoms with Crippen molar-refractivity contribution in [3.8, 4) is 11.5 Å². The van der Waals surface area contributed by atoms with Crippen molar-refractivity contribution in [1.82, 2.24) is 0 Å². The number of ether oxygens (including phenoxy) is 2. The van der Waals surface area contributed by atoms with Gasteiger partial charge in [-0.1, -0.05) is 60.7 Å². The molecule has 1 aliphatic rings. The van der Waals surface area contributed by atoms with Crippen molar-refractivity contribution in [2.75, 3.05) is 40.4 Å². The fourth-order valence-electron chi connectivity index (χ4n) is 4.61. The molecule has 3 aromatic rings. The lowest BCUT2D eigenvalue weighted by Gasteiger charge is -2.35. The first-order valence-electron chi connectivity index (χ1n) is 10.8. The highest BCUT2D eigenvalue weighted by molar-refractivity contribution is 5.40. The molecule has 1 aliphatic heterocycles. The van der Waals surface area contributed by atoms with Crippen LogP contribution in [-0.4, -0.2) is 40.4 Å². The Bertz CT molecular complexity index is 883. The largest absolute Gasteiger partial charge is 0.497 e. The summed E-state index contributed by atoms with van der Waals surface area (Å²) < 4.78 is 10.9. The number of hydrogen-bond acceptors (Lipinski definition) is 2. The molecule has 0 aromatic heterocycles. The van der Waals surface area contributed by atoms with Gasteiger partial charge in [-0.25, -0.2) is 0 Å². The van der Waals surface area contributed by atoms with Gasteiger partial charge < -0.3 is 19.3 Å². The Morgan fingerprint density at radius 3 is 1.87 bits per heavy atom. The molecule has 3 aromatic carbocycles. The lowest BCUT2D eigenvalue weighted by molar-refractivity contribution is -1.03. The lowest BCUT2D eigenvalue weighted by atomic mass is 9.96. The van der Waals surface area contributed by atoms with E-state index in [-0.39, 0.29) is 0 Å². The van der Waals surface area contributed by atoms with Crippen LogP contribution in [0.15, 0.2) is 78.9 Å². The minimum Gasteiger partial charge on any atom is -0.497 e. The molecule has 0 saturated carbocycles. The average Bonchev–Trinajstić information content (AvgIpc) is 2.82. The highest BCUT2D eigenvalue weighted by Crippen LogP contribution is 2.24. The molecule has 4 rings (SSSR count). The third-order valence-corrected chi connectivity index (χ3v) is 6.21. The maximum absolute atomic E-state index is 5.61. The number of hydrogen-bond donors (Lipinski definition) is 2. The van der Waals surface area contributed by atoms with E-state index >= 15 is 0 Å². The summed E-state index contributed by atoms with van der Waals surface area (Å²) in [5, 5.41) is 0. The van der Waals surface area contributed by atoms with E-state index in [9.17, 15) is 0 Å². The van der Waals surface area contributed by atoms with Crippen LogP contribution in [0.5, 0.6) is 11.5 Å². The van der Waals surface area contributed by atoms with E-state index in [0.717, 1.165) is 44.2 Å². The number of benzene rings is 3. The van der Waals surface area contributed by atoms with Gasteiger partial charge in [0, 0.05) is 22.8 Å². The molecule has 156 valence electrons. The molecule has 0 radical (unpaired) electrons. The zero-order valence-corrected chi connectivity index (χ0v) is 17.9. The molecule has 1 saturated heterocycles.